The van der Waals surface area contributed by atoms with E-state index in [0.717, 1.165) is 12.8 Å². The molecule has 4 nitrogen and oxygen atoms in total. The Hall–Kier alpha value is -0.130. The summed E-state index contributed by atoms with van der Waals surface area (Å²) < 4.78 is 35.3. The van der Waals surface area contributed by atoms with Crippen LogP contribution in [0.3, 0.4) is 0 Å². The van der Waals surface area contributed by atoms with Crippen molar-refractivity contribution in [2.24, 2.45) is 11.8 Å². The standard InChI is InChI=1S/C14H30O4S/c1-5-7-8-13(6-2)9-10-14(11-12(3)4)18-19(15,16)17/h12-14H,5-11H2,1-4H3,(H,15,16,17)/t13-,14+/m0/s1. The van der Waals surface area contributed by atoms with E-state index in [1.807, 2.05) is 13.8 Å². The minimum atomic E-state index is -4.34. The molecule has 0 aromatic rings. The quantitative estimate of drug-likeness (QED) is 0.580. The topological polar surface area (TPSA) is 63.6 Å². The van der Waals surface area contributed by atoms with Crippen LogP contribution in [-0.4, -0.2) is 19.1 Å². The van der Waals surface area contributed by atoms with Gasteiger partial charge < -0.3 is 0 Å². The molecular formula is C14H30O4S. The molecule has 0 aromatic carbocycles. The van der Waals surface area contributed by atoms with Gasteiger partial charge in [0.05, 0.1) is 6.10 Å². The fourth-order valence-electron chi connectivity index (χ4n) is 2.37. The lowest BCUT2D eigenvalue weighted by molar-refractivity contribution is 0.141. The van der Waals surface area contributed by atoms with Crippen LogP contribution in [0.5, 0.6) is 0 Å². The van der Waals surface area contributed by atoms with E-state index in [1.54, 1.807) is 0 Å². The lowest BCUT2D eigenvalue weighted by Gasteiger charge is -2.21. The molecule has 0 saturated carbocycles. The smallest absolute Gasteiger partial charge is 0.264 e. The molecule has 0 aliphatic carbocycles. The molecule has 0 fully saturated rings. The zero-order valence-corrected chi connectivity index (χ0v) is 13.6. The number of rotatable bonds is 11. The van der Waals surface area contributed by atoms with Crippen molar-refractivity contribution < 1.29 is 17.2 Å². The molecule has 5 heteroatoms. The van der Waals surface area contributed by atoms with Gasteiger partial charge in [0.15, 0.2) is 0 Å². The Balaban J connectivity index is 4.30. The van der Waals surface area contributed by atoms with Crippen LogP contribution in [0, 0.1) is 11.8 Å². The highest BCUT2D eigenvalue weighted by Crippen LogP contribution is 2.23. The highest BCUT2D eigenvalue weighted by atomic mass is 32.3. The van der Waals surface area contributed by atoms with Crippen LogP contribution in [0.15, 0.2) is 0 Å². The fourth-order valence-corrected chi connectivity index (χ4v) is 2.89. The second-order valence-corrected chi connectivity index (χ2v) is 6.82. The van der Waals surface area contributed by atoms with Crippen LogP contribution in [0.1, 0.15) is 72.6 Å². The lowest BCUT2D eigenvalue weighted by Crippen LogP contribution is -2.21. The maximum Gasteiger partial charge on any atom is 0.397 e. The van der Waals surface area contributed by atoms with Crippen molar-refractivity contribution in [3.8, 4) is 0 Å². The Morgan fingerprint density at radius 3 is 2.16 bits per heavy atom. The predicted octanol–water partition coefficient (Wildman–Crippen LogP) is 4.22. The van der Waals surface area contributed by atoms with Gasteiger partial charge in [-0.2, -0.15) is 8.42 Å². The second kappa shape index (κ2) is 9.72. The van der Waals surface area contributed by atoms with Crippen LogP contribution < -0.4 is 0 Å². The molecule has 0 bridgehead atoms. The van der Waals surface area contributed by atoms with Crippen molar-refractivity contribution in [3.05, 3.63) is 0 Å². The van der Waals surface area contributed by atoms with Crippen molar-refractivity contribution in [3.63, 3.8) is 0 Å². The molecule has 0 saturated heterocycles. The van der Waals surface area contributed by atoms with E-state index in [2.05, 4.69) is 13.8 Å². The Labute approximate surface area is 118 Å². The molecule has 116 valence electrons. The number of unbranched alkanes of at least 4 members (excludes halogenated alkanes) is 1. The summed E-state index contributed by atoms with van der Waals surface area (Å²) in [6.07, 6.45) is 6.62. The molecule has 0 radical (unpaired) electrons. The molecule has 0 spiro atoms. The number of hydrogen-bond donors (Lipinski definition) is 1. The molecule has 0 heterocycles. The summed E-state index contributed by atoms with van der Waals surface area (Å²) in [6, 6.07) is 0. The van der Waals surface area contributed by atoms with E-state index in [0.29, 0.717) is 24.7 Å². The molecule has 0 aliphatic rings. The highest BCUT2D eigenvalue weighted by Gasteiger charge is 2.20. The molecule has 19 heavy (non-hydrogen) atoms. The van der Waals surface area contributed by atoms with Crippen molar-refractivity contribution in [1.29, 1.82) is 0 Å². The molecule has 0 amide bonds. The highest BCUT2D eigenvalue weighted by molar-refractivity contribution is 7.80. The van der Waals surface area contributed by atoms with Gasteiger partial charge in [0, 0.05) is 0 Å². The molecule has 0 rings (SSSR count). The van der Waals surface area contributed by atoms with Gasteiger partial charge in [-0.1, -0.05) is 53.4 Å². The van der Waals surface area contributed by atoms with E-state index in [9.17, 15) is 8.42 Å². The predicted molar refractivity (Wildman–Crippen MR) is 78.4 cm³/mol. The van der Waals surface area contributed by atoms with Crippen LogP contribution in [-0.2, 0) is 14.6 Å². The Morgan fingerprint density at radius 2 is 1.74 bits per heavy atom. The maximum absolute atomic E-state index is 10.8. The molecule has 0 aliphatic heterocycles. The van der Waals surface area contributed by atoms with Gasteiger partial charge in [-0.25, -0.2) is 4.18 Å². The monoisotopic (exact) mass is 294 g/mol. The van der Waals surface area contributed by atoms with Crippen molar-refractivity contribution in [2.75, 3.05) is 0 Å². The Kier molecular flexibility index (Phi) is 9.66. The third kappa shape index (κ3) is 11.4. The van der Waals surface area contributed by atoms with Crippen LogP contribution >= 0.6 is 0 Å². The van der Waals surface area contributed by atoms with Crippen molar-refractivity contribution in [1.82, 2.24) is 0 Å². The maximum atomic E-state index is 10.8. The van der Waals surface area contributed by atoms with E-state index < -0.39 is 16.5 Å². The van der Waals surface area contributed by atoms with Gasteiger partial charge in [-0.15, -0.1) is 0 Å². The van der Waals surface area contributed by atoms with E-state index >= 15 is 0 Å². The first-order valence-electron chi connectivity index (χ1n) is 7.44. The zero-order valence-electron chi connectivity index (χ0n) is 12.8. The summed E-state index contributed by atoms with van der Waals surface area (Å²) >= 11 is 0. The summed E-state index contributed by atoms with van der Waals surface area (Å²) in [4.78, 5) is 0. The zero-order chi connectivity index (χ0) is 14.9. The molecule has 1 N–H and O–H groups in total. The van der Waals surface area contributed by atoms with Gasteiger partial charge >= 0.3 is 10.4 Å². The minimum absolute atomic E-state index is 0.350. The summed E-state index contributed by atoms with van der Waals surface area (Å²) in [5.41, 5.74) is 0. The first kappa shape index (κ1) is 18.9. The van der Waals surface area contributed by atoms with E-state index in [1.165, 1.54) is 19.3 Å². The summed E-state index contributed by atoms with van der Waals surface area (Å²) in [6.45, 7) is 8.39. The van der Waals surface area contributed by atoms with Crippen LogP contribution in [0.2, 0.25) is 0 Å². The molecule has 0 aromatic heterocycles. The second-order valence-electron chi connectivity index (χ2n) is 5.77. The van der Waals surface area contributed by atoms with E-state index in [-0.39, 0.29) is 0 Å². The lowest BCUT2D eigenvalue weighted by atomic mass is 9.91. The molecular weight excluding hydrogens is 264 g/mol. The Bertz CT molecular complexity index is 311. The average Bonchev–Trinajstić information content (AvgIpc) is 2.26. The first-order chi connectivity index (χ1) is 8.78. The summed E-state index contributed by atoms with van der Waals surface area (Å²) in [5.74, 6) is 0.974. The van der Waals surface area contributed by atoms with E-state index in [4.69, 9.17) is 8.74 Å². The third-order valence-electron chi connectivity index (χ3n) is 3.43. The summed E-state index contributed by atoms with van der Waals surface area (Å²) in [5, 5.41) is 0. The number of hydrogen-bond acceptors (Lipinski definition) is 3. The molecule has 2 atom stereocenters. The van der Waals surface area contributed by atoms with Gasteiger partial charge in [-0.05, 0) is 31.1 Å². The normalized spacial score (nSPS) is 15.7. The van der Waals surface area contributed by atoms with Gasteiger partial charge in [0.2, 0.25) is 0 Å². The third-order valence-corrected chi connectivity index (χ3v) is 3.95. The largest absolute Gasteiger partial charge is 0.397 e. The van der Waals surface area contributed by atoms with Crippen molar-refractivity contribution >= 4 is 10.4 Å². The SMILES string of the molecule is CCCC[C@H](CC)CC[C@H](CC(C)C)OS(=O)(=O)O. The summed E-state index contributed by atoms with van der Waals surface area (Å²) in [7, 11) is -4.34. The first-order valence-corrected chi connectivity index (χ1v) is 8.80. The van der Waals surface area contributed by atoms with Gasteiger partial charge in [0.25, 0.3) is 0 Å². The van der Waals surface area contributed by atoms with Crippen LogP contribution in [0.25, 0.3) is 0 Å². The van der Waals surface area contributed by atoms with Crippen LogP contribution in [0.4, 0.5) is 0 Å². The van der Waals surface area contributed by atoms with Gasteiger partial charge in [0.1, 0.15) is 0 Å². The van der Waals surface area contributed by atoms with Gasteiger partial charge in [-0.3, -0.25) is 4.55 Å². The molecule has 0 unspecified atom stereocenters. The van der Waals surface area contributed by atoms with Crippen molar-refractivity contribution in [2.45, 2.75) is 78.7 Å². The fraction of sp³-hybridized carbons (Fsp3) is 1.00. The Morgan fingerprint density at radius 1 is 1.11 bits per heavy atom. The average molecular weight is 294 g/mol. The minimum Gasteiger partial charge on any atom is -0.264 e.